The first-order valence-corrected chi connectivity index (χ1v) is 9.52. The first kappa shape index (κ1) is 17.8. The van der Waals surface area contributed by atoms with E-state index in [0.717, 1.165) is 54.2 Å². The van der Waals surface area contributed by atoms with Crippen LogP contribution in [-0.4, -0.2) is 62.9 Å². The molecule has 0 bridgehead atoms. The number of rotatable bonds is 3. The molecule has 4 heterocycles. The minimum atomic E-state index is 0.120. The van der Waals surface area contributed by atoms with Crippen molar-refractivity contribution in [2.45, 2.75) is 25.8 Å². The van der Waals surface area contributed by atoms with Crippen LogP contribution in [-0.2, 0) is 7.05 Å². The zero-order valence-corrected chi connectivity index (χ0v) is 16.5. The average Bonchev–Trinajstić information content (AvgIpc) is 3.21. The summed E-state index contributed by atoms with van der Waals surface area (Å²) in [6.07, 6.45) is 6.07. The molecule has 0 N–H and O–H groups in total. The van der Waals surface area contributed by atoms with Crippen LogP contribution < -0.4 is 0 Å². The number of hydrogen-bond donors (Lipinski definition) is 0. The number of pyridine rings is 1. The first-order valence-electron chi connectivity index (χ1n) is 9.52. The molecule has 142 valence electrons. The van der Waals surface area contributed by atoms with Gasteiger partial charge in [-0.3, -0.25) is 4.79 Å². The molecule has 6 heteroatoms. The summed E-state index contributed by atoms with van der Waals surface area (Å²) in [5.41, 5.74) is 3.55. The largest absolute Gasteiger partial charge is 0.338 e. The van der Waals surface area contributed by atoms with Crippen LogP contribution in [0.25, 0.3) is 16.9 Å². The van der Waals surface area contributed by atoms with Crippen LogP contribution in [0.5, 0.6) is 0 Å². The van der Waals surface area contributed by atoms with Gasteiger partial charge in [-0.05, 0) is 52.1 Å². The molecule has 0 spiro atoms. The highest BCUT2D eigenvalue weighted by Crippen LogP contribution is 2.27. The number of imidazole rings is 1. The van der Waals surface area contributed by atoms with Crippen molar-refractivity contribution in [3.8, 4) is 11.4 Å². The van der Waals surface area contributed by atoms with Gasteiger partial charge in [0.25, 0.3) is 5.91 Å². The lowest BCUT2D eigenvalue weighted by atomic mass is 10.0. The number of carbonyl (C=O) groups excluding carboxylic acids is 1. The molecule has 0 saturated carbocycles. The molecule has 4 rings (SSSR count). The SMILES string of the molecule is Cc1nc(-c2cc(C(=O)N3CCC(N(C)C)CC3)c3ccccn23)cn1C. The quantitative estimate of drug-likeness (QED) is 0.717. The van der Waals surface area contributed by atoms with E-state index in [1.165, 1.54) is 0 Å². The summed E-state index contributed by atoms with van der Waals surface area (Å²) in [7, 11) is 6.22. The van der Waals surface area contributed by atoms with E-state index >= 15 is 0 Å². The maximum atomic E-state index is 13.3. The van der Waals surface area contributed by atoms with Crippen LogP contribution >= 0.6 is 0 Å². The molecule has 0 aromatic carbocycles. The Balaban J connectivity index is 1.69. The van der Waals surface area contributed by atoms with Gasteiger partial charge in [0.15, 0.2) is 0 Å². The minimum Gasteiger partial charge on any atom is -0.338 e. The number of fused-ring (bicyclic) bond motifs is 1. The molecule has 1 aliphatic heterocycles. The Kier molecular flexibility index (Phi) is 4.52. The molecule has 1 fully saturated rings. The van der Waals surface area contributed by atoms with E-state index in [1.807, 2.05) is 60.1 Å². The Labute approximate surface area is 160 Å². The number of likely N-dealkylation sites (tertiary alicyclic amines) is 1. The number of amides is 1. The molecule has 27 heavy (non-hydrogen) atoms. The Morgan fingerprint density at radius 2 is 1.96 bits per heavy atom. The number of aryl methyl sites for hydroxylation is 2. The fourth-order valence-corrected chi connectivity index (χ4v) is 3.96. The Morgan fingerprint density at radius 1 is 1.22 bits per heavy atom. The lowest BCUT2D eigenvalue weighted by Crippen LogP contribution is -2.44. The van der Waals surface area contributed by atoms with Crippen molar-refractivity contribution < 1.29 is 4.79 Å². The highest BCUT2D eigenvalue weighted by Gasteiger charge is 2.27. The smallest absolute Gasteiger partial charge is 0.256 e. The molecule has 3 aromatic heterocycles. The zero-order valence-electron chi connectivity index (χ0n) is 16.5. The van der Waals surface area contributed by atoms with Gasteiger partial charge < -0.3 is 18.8 Å². The zero-order chi connectivity index (χ0) is 19.1. The lowest BCUT2D eigenvalue weighted by molar-refractivity contribution is 0.0665. The fourth-order valence-electron chi connectivity index (χ4n) is 3.96. The Hall–Kier alpha value is -2.60. The number of hydrogen-bond acceptors (Lipinski definition) is 3. The summed E-state index contributed by atoms with van der Waals surface area (Å²) in [6.45, 7) is 3.61. The van der Waals surface area contributed by atoms with Gasteiger partial charge in [-0.2, -0.15) is 0 Å². The topological polar surface area (TPSA) is 45.8 Å². The van der Waals surface area contributed by atoms with E-state index in [2.05, 4.69) is 28.4 Å². The van der Waals surface area contributed by atoms with Crippen molar-refractivity contribution in [1.82, 2.24) is 23.8 Å². The van der Waals surface area contributed by atoms with Gasteiger partial charge in [0.05, 0.1) is 16.8 Å². The number of carbonyl (C=O) groups is 1. The maximum Gasteiger partial charge on any atom is 0.256 e. The first-order chi connectivity index (χ1) is 13.0. The van der Waals surface area contributed by atoms with E-state index in [-0.39, 0.29) is 5.91 Å². The molecule has 3 aromatic rings. The summed E-state index contributed by atoms with van der Waals surface area (Å²) in [4.78, 5) is 22.2. The van der Waals surface area contributed by atoms with E-state index in [1.54, 1.807) is 0 Å². The molecule has 0 unspecified atom stereocenters. The van der Waals surface area contributed by atoms with Gasteiger partial charge in [0, 0.05) is 38.6 Å². The number of piperidine rings is 1. The molecular weight excluding hydrogens is 338 g/mol. The molecule has 1 aliphatic rings. The molecule has 1 saturated heterocycles. The normalized spacial score (nSPS) is 15.8. The second kappa shape index (κ2) is 6.85. The van der Waals surface area contributed by atoms with E-state index < -0.39 is 0 Å². The third kappa shape index (κ3) is 3.14. The van der Waals surface area contributed by atoms with Crippen molar-refractivity contribution in [2.75, 3.05) is 27.2 Å². The average molecular weight is 365 g/mol. The predicted molar refractivity (Wildman–Crippen MR) is 107 cm³/mol. The third-order valence-electron chi connectivity index (χ3n) is 5.76. The van der Waals surface area contributed by atoms with Gasteiger partial charge in [-0.25, -0.2) is 4.98 Å². The van der Waals surface area contributed by atoms with E-state index in [9.17, 15) is 4.79 Å². The number of nitrogens with zero attached hydrogens (tertiary/aromatic N) is 5. The monoisotopic (exact) mass is 365 g/mol. The van der Waals surface area contributed by atoms with E-state index in [0.29, 0.717) is 6.04 Å². The van der Waals surface area contributed by atoms with Crippen LogP contribution in [0.2, 0.25) is 0 Å². The summed E-state index contributed by atoms with van der Waals surface area (Å²) in [5.74, 6) is 1.07. The van der Waals surface area contributed by atoms with Crippen molar-refractivity contribution in [1.29, 1.82) is 0 Å². The van der Waals surface area contributed by atoms with Crippen molar-refractivity contribution in [3.63, 3.8) is 0 Å². The van der Waals surface area contributed by atoms with Crippen LogP contribution in [0.3, 0.4) is 0 Å². The third-order valence-corrected chi connectivity index (χ3v) is 5.76. The predicted octanol–water partition coefficient (Wildman–Crippen LogP) is 2.81. The van der Waals surface area contributed by atoms with Crippen molar-refractivity contribution in [2.24, 2.45) is 7.05 Å². The number of aromatic nitrogens is 3. The summed E-state index contributed by atoms with van der Waals surface area (Å²) < 4.78 is 4.08. The summed E-state index contributed by atoms with van der Waals surface area (Å²) in [6, 6.07) is 8.55. The van der Waals surface area contributed by atoms with Crippen LogP contribution in [0.4, 0.5) is 0 Å². The van der Waals surface area contributed by atoms with Gasteiger partial charge in [0.1, 0.15) is 11.5 Å². The van der Waals surface area contributed by atoms with Crippen molar-refractivity contribution >= 4 is 11.4 Å². The Bertz CT molecular complexity index is 956. The molecule has 0 atom stereocenters. The van der Waals surface area contributed by atoms with Crippen molar-refractivity contribution in [3.05, 3.63) is 48.0 Å². The molecular formula is C21H27N5O. The summed E-state index contributed by atoms with van der Waals surface area (Å²) >= 11 is 0. The summed E-state index contributed by atoms with van der Waals surface area (Å²) in [5, 5.41) is 0. The standard InChI is InChI=1S/C21H27N5O/c1-15-22-18(14-24(15)4)20-13-17(19-7-5-6-10-26(19)20)21(27)25-11-8-16(9-12-25)23(2)3/h5-7,10,13-14,16H,8-9,11-12H2,1-4H3. The highest BCUT2D eigenvalue weighted by atomic mass is 16.2. The van der Waals surface area contributed by atoms with Gasteiger partial charge in [-0.15, -0.1) is 0 Å². The van der Waals surface area contributed by atoms with E-state index in [4.69, 9.17) is 0 Å². The maximum absolute atomic E-state index is 13.3. The van der Waals surface area contributed by atoms with Gasteiger partial charge in [-0.1, -0.05) is 6.07 Å². The fraction of sp³-hybridized carbons (Fsp3) is 0.429. The molecule has 1 amide bonds. The second-order valence-corrected chi connectivity index (χ2v) is 7.67. The minimum absolute atomic E-state index is 0.120. The van der Waals surface area contributed by atoms with Crippen LogP contribution in [0.1, 0.15) is 29.0 Å². The lowest BCUT2D eigenvalue weighted by Gasteiger charge is -2.35. The van der Waals surface area contributed by atoms with Crippen LogP contribution in [0.15, 0.2) is 36.7 Å². The second-order valence-electron chi connectivity index (χ2n) is 7.67. The Morgan fingerprint density at radius 3 is 2.59 bits per heavy atom. The van der Waals surface area contributed by atoms with Gasteiger partial charge >= 0.3 is 0 Å². The molecule has 0 aliphatic carbocycles. The highest BCUT2D eigenvalue weighted by molar-refractivity contribution is 6.02. The van der Waals surface area contributed by atoms with Crippen LogP contribution in [0, 0.1) is 6.92 Å². The van der Waals surface area contributed by atoms with Gasteiger partial charge in [0.2, 0.25) is 0 Å². The molecule has 0 radical (unpaired) electrons. The molecule has 6 nitrogen and oxygen atoms in total.